The Kier molecular flexibility index (Phi) is 9.42. The summed E-state index contributed by atoms with van der Waals surface area (Å²) in [4.78, 5) is 36.2. The molecule has 0 aromatic heterocycles. The minimum absolute atomic E-state index is 0.176. The number of methoxy groups -OCH3 is 1. The summed E-state index contributed by atoms with van der Waals surface area (Å²) >= 11 is 0. The van der Waals surface area contributed by atoms with E-state index < -0.39 is 18.0 Å². The van der Waals surface area contributed by atoms with Gasteiger partial charge in [-0.2, -0.15) is 0 Å². The largest absolute Gasteiger partial charge is 0.508 e. The fraction of sp³-hybridized carbons (Fsp3) is 0.400. The molecule has 33 heavy (non-hydrogen) atoms. The molecule has 0 heterocycles. The van der Waals surface area contributed by atoms with Gasteiger partial charge in [-0.1, -0.05) is 12.1 Å². The van der Waals surface area contributed by atoms with E-state index in [1.54, 1.807) is 31.2 Å². The van der Waals surface area contributed by atoms with Crippen LogP contribution in [-0.4, -0.2) is 48.6 Å². The van der Waals surface area contributed by atoms with Crippen molar-refractivity contribution in [2.75, 3.05) is 13.7 Å². The average molecular weight is 456 g/mol. The van der Waals surface area contributed by atoms with Gasteiger partial charge >= 0.3 is 5.97 Å². The third-order valence-electron chi connectivity index (χ3n) is 5.51. The maximum absolute atomic E-state index is 12.5. The summed E-state index contributed by atoms with van der Waals surface area (Å²) in [6.45, 7) is 5.78. The van der Waals surface area contributed by atoms with E-state index in [-0.39, 0.29) is 17.6 Å². The Morgan fingerprint density at radius 2 is 1.67 bits per heavy atom. The molecule has 178 valence electrons. The van der Waals surface area contributed by atoms with Crippen molar-refractivity contribution in [1.82, 2.24) is 10.6 Å². The summed E-state index contributed by atoms with van der Waals surface area (Å²) < 4.78 is 4.68. The van der Waals surface area contributed by atoms with Gasteiger partial charge in [0.2, 0.25) is 11.8 Å². The number of aromatic hydroxyl groups is 1. The first-order valence-corrected chi connectivity index (χ1v) is 10.9. The number of phenolic OH excluding ortho intramolecular Hbond substituents is 1. The van der Waals surface area contributed by atoms with Crippen LogP contribution in [0.25, 0.3) is 0 Å². The van der Waals surface area contributed by atoms with Crippen LogP contribution in [0.3, 0.4) is 0 Å². The molecule has 0 aliphatic carbocycles. The zero-order valence-corrected chi connectivity index (χ0v) is 19.6. The molecule has 0 saturated heterocycles. The van der Waals surface area contributed by atoms with Crippen molar-refractivity contribution in [3.05, 3.63) is 64.2 Å². The fourth-order valence-electron chi connectivity index (χ4n) is 3.57. The van der Waals surface area contributed by atoms with Gasteiger partial charge in [0, 0.05) is 6.54 Å². The number of aryl methyl sites for hydroxylation is 3. The number of ether oxygens (including phenoxy) is 1. The summed E-state index contributed by atoms with van der Waals surface area (Å²) in [5.74, 6) is -0.892. The Morgan fingerprint density at radius 3 is 2.24 bits per heavy atom. The molecule has 2 aromatic carbocycles. The maximum atomic E-state index is 12.5. The van der Waals surface area contributed by atoms with Crippen LogP contribution in [0.4, 0.5) is 0 Å². The van der Waals surface area contributed by atoms with Gasteiger partial charge in [-0.3, -0.25) is 9.59 Å². The second kappa shape index (κ2) is 12.0. The van der Waals surface area contributed by atoms with Gasteiger partial charge in [0.05, 0.1) is 18.7 Å². The molecule has 8 nitrogen and oxygen atoms in total. The van der Waals surface area contributed by atoms with Crippen LogP contribution in [0, 0.1) is 13.8 Å². The van der Waals surface area contributed by atoms with Crippen LogP contribution in [0.5, 0.6) is 5.75 Å². The normalized spacial score (nSPS) is 12.5. The first-order chi connectivity index (χ1) is 15.6. The van der Waals surface area contributed by atoms with Crippen LogP contribution >= 0.6 is 0 Å². The summed E-state index contributed by atoms with van der Waals surface area (Å²) in [6.07, 6.45) is 1.76. The van der Waals surface area contributed by atoms with E-state index in [1.807, 2.05) is 26.0 Å². The SMILES string of the molecule is COC(=O)c1ccc(CCCNC(=O)[C@@H](C)NC(=O)[C@@H](N)Cc2c(C)cc(O)cc2C)cc1. The number of rotatable bonds is 10. The van der Waals surface area contributed by atoms with Gasteiger partial charge in [0.1, 0.15) is 11.8 Å². The predicted molar refractivity (Wildman–Crippen MR) is 126 cm³/mol. The molecule has 5 N–H and O–H groups in total. The summed E-state index contributed by atoms with van der Waals surface area (Å²) in [6, 6.07) is 8.88. The molecule has 0 aliphatic rings. The van der Waals surface area contributed by atoms with Crippen molar-refractivity contribution in [1.29, 1.82) is 0 Å². The highest BCUT2D eigenvalue weighted by Gasteiger charge is 2.21. The lowest BCUT2D eigenvalue weighted by atomic mass is 9.96. The number of carbonyl (C=O) groups is 3. The Balaban J connectivity index is 1.76. The highest BCUT2D eigenvalue weighted by atomic mass is 16.5. The summed E-state index contributed by atoms with van der Waals surface area (Å²) in [7, 11) is 1.34. The number of phenols is 1. The lowest BCUT2D eigenvalue weighted by Crippen LogP contribution is -2.51. The van der Waals surface area contributed by atoms with Gasteiger partial charge in [-0.05, 0) is 86.6 Å². The number of nitrogens with two attached hydrogens (primary N) is 1. The first kappa shape index (κ1) is 25.9. The third-order valence-corrected chi connectivity index (χ3v) is 5.51. The third kappa shape index (κ3) is 7.61. The molecule has 2 atom stereocenters. The fourth-order valence-corrected chi connectivity index (χ4v) is 3.57. The molecule has 0 spiro atoms. The molecular weight excluding hydrogens is 422 g/mol. The molecule has 0 bridgehead atoms. The predicted octanol–water partition coefficient (Wildman–Crippen LogP) is 1.92. The molecule has 0 radical (unpaired) electrons. The molecule has 2 amide bonds. The number of amides is 2. The zero-order valence-electron chi connectivity index (χ0n) is 19.6. The van der Waals surface area contributed by atoms with Crippen LogP contribution in [0.15, 0.2) is 36.4 Å². The summed E-state index contributed by atoms with van der Waals surface area (Å²) in [5.41, 5.74) is 10.2. The number of benzene rings is 2. The van der Waals surface area contributed by atoms with Crippen LogP contribution in [0.2, 0.25) is 0 Å². The second-order valence-corrected chi connectivity index (χ2v) is 8.18. The molecule has 0 unspecified atom stereocenters. The van der Waals surface area contributed by atoms with E-state index in [4.69, 9.17) is 5.73 Å². The van der Waals surface area contributed by atoms with E-state index in [1.165, 1.54) is 7.11 Å². The van der Waals surface area contributed by atoms with Crippen molar-refractivity contribution < 1.29 is 24.2 Å². The van der Waals surface area contributed by atoms with Crippen molar-refractivity contribution in [2.24, 2.45) is 5.73 Å². The summed E-state index contributed by atoms with van der Waals surface area (Å²) in [5, 5.41) is 15.1. The van der Waals surface area contributed by atoms with E-state index in [9.17, 15) is 19.5 Å². The van der Waals surface area contributed by atoms with Gasteiger partial charge in [-0.15, -0.1) is 0 Å². The van der Waals surface area contributed by atoms with Gasteiger partial charge in [-0.25, -0.2) is 4.79 Å². The average Bonchev–Trinajstić information content (AvgIpc) is 2.78. The van der Waals surface area contributed by atoms with Crippen molar-refractivity contribution in [2.45, 2.75) is 52.1 Å². The number of hydrogen-bond donors (Lipinski definition) is 4. The van der Waals surface area contributed by atoms with Crippen LogP contribution in [0.1, 0.15) is 46.0 Å². The van der Waals surface area contributed by atoms with Crippen LogP contribution in [-0.2, 0) is 27.2 Å². The maximum Gasteiger partial charge on any atom is 0.337 e. The molecular formula is C25H33N3O5. The number of carbonyl (C=O) groups excluding carboxylic acids is 3. The van der Waals surface area contributed by atoms with E-state index >= 15 is 0 Å². The highest BCUT2D eigenvalue weighted by molar-refractivity contribution is 5.90. The van der Waals surface area contributed by atoms with E-state index in [0.717, 1.165) is 28.7 Å². The molecule has 0 saturated carbocycles. The van der Waals surface area contributed by atoms with Crippen LogP contribution < -0.4 is 16.4 Å². The quantitative estimate of drug-likeness (QED) is 0.320. The minimum atomic E-state index is -0.810. The minimum Gasteiger partial charge on any atom is -0.508 e. The molecule has 8 heteroatoms. The first-order valence-electron chi connectivity index (χ1n) is 10.9. The highest BCUT2D eigenvalue weighted by Crippen LogP contribution is 2.21. The topological polar surface area (TPSA) is 131 Å². The van der Waals surface area contributed by atoms with Gasteiger partial charge in [0.15, 0.2) is 0 Å². The standard InChI is InChI=1S/C25H33N3O5/c1-15-12-20(29)13-16(2)21(15)14-22(26)24(31)28-17(3)23(30)27-11-5-6-18-7-9-19(10-8-18)25(32)33-4/h7-10,12-13,17,22,29H,5-6,11,14,26H2,1-4H3,(H,27,30)(H,28,31)/t17-,22+/m1/s1. The Hall–Kier alpha value is -3.39. The monoisotopic (exact) mass is 455 g/mol. The Morgan fingerprint density at radius 1 is 1.06 bits per heavy atom. The number of nitrogens with one attached hydrogen (secondary N) is 2. The molecule has 0 fully saturated rings. The number of hydrogen-bond acceptors (Lipinski definition) is 6. The molecule has 0 aliphatic heterocycles. The zero-order chi connectivity index (χ0) is 24.5. The van der Waals surface area contributed by atoms with E-state index in [0.29, 0.717) is 24.9 Å². The van der Waals surface area contributed by atoms with Gasteiger partial charge < -0.3 is 26.2 Å². The molecule has 2 aromatic rings. The molecule has 2 rings (SSSR count). The number of esters is 1. The lowest BCUT2D eigenvalue weighted by molar-refractivity contribution is -0.129. The smallest absolute Gasteiger partial charge is 0.337 e. The second-order valence-electron chi connectivity index (χ2n) is 8.18. The Bertz CT molecular complexity index is 965. The van der Waals surface area contributed by atoms with Crippen molar-refractivity contribution in [3.8, 4) is 5.75 Å². The van der Waals surface area contributed by atoms with Crippen molar-refractivity contribution in [3.63, 3.8) is 0 Å². The van der Waals surface area contributed by atoms with Crippen molar-refractivity contribution >= 4 is 17.8 Å². The van der Waals surface area contributed by atoms with E-state index in [2.05, 4.69) is 15.4 Å². The Labute approximate surface area is 194 Å². The van der Waals surface area contributed by atoms with Gasteiger partial charge in [0.25, 0.3) is 0 Å². The lowest BCUT2D eigenvalue weighted by Gasteiger charge is -2.19.